The topological polar surface area (TPSA) is 243 Å². The van der Waals surface area contributed by atoms with E-state index in [-0.39, 0.29) is 18.6 Å². The van der Waals surface area contributed by atoms with E-state index >= 15 is 0 Å². The minimum absolute atomic E-state index is 0.00395. The third-order valence-corrected chi connectivity index (χ3v) is 5.69. The molecule has 0 aliphatic rings. The number of rotatable bonds is 18. The molecule has 0 heterocycles. The third kappa shape index (κ3) is 12.0. The summed E-state index contributed by atoms with van der Waals surface area (Å²) in [4.78, 5) is 49.9. The molecule has 12 N–H and O–H groups in total. The minimum atomic E-state index is -1.46. The number of aliphatic carboxylic acids is 1. The van der Waals surface area contributed by atoms with E-state index in [2.05, 4.69) is 16.0 Å². The van der Waals surface area contributed by atoms with Crippen molar-refractivity contribution in [1.82, 2.24) is 16.0 Å². The molecule has 208 valence electrons. The Morgan fingerprint density at radius 3 is 1.81 bits per heavy atom. The molecule has 13 heteroatoms. The number of carboxylic acid groups (broad SMARTS) is 1. The summed E-state index contributed by atoms with van der Waals surface area (Å²) in [5.41, 5.74) is 17.4. The van der Waals surface area contributed by atoms with Crippen molar-refractivity contribution < 1.29 is 34.5 Å². The maximum absolute atomic E-state index is 13.1. The molecule has 1 aromatic carbocycles. The fraction of sp³-hybridized carbons (Fsp3) is 0.583. The number of phenols is 1. The molecule has 0 bridgehead atoms. The van der Waals surface area contributed by atoms with Crippen LogP contribution in [0.2, 0.25) is 0 Å². The van der Waals surface area contributed by atoms with Gasteiger partial charge in [-0.05, 0) is 62.9 Å². The van der Waals surface area contributed by atoms with Gasteiger partial charge in [-0.1, -0.05) is 18.6 Å². The Bertz CT molecular complexity index is 868. The van der Waals surface area contributed by atoms with Gasteiger partial charge in [-0.2, -0.15) is 0 Å². The summed E-state index contributed by atoms with van der Waals surface area (Å²) in [5.74, 6) is -3.47. The van der Waals surface area contributed by atoms with E-state index in [4.69, 9.17) is 17.2 Å². The molecule has 0 fully saturated rings. The van der Waals surface area contributed by atoms with Gasteiger partial charge in [-0.25, -0.2) is 4.79 Å². The van der Waals surface area contributed by atoms with E-state index in [0.29, 0.717) is 50.8 Å². The van der Waals surface area contributed by atoms with Crippen molar-refractivity contribution in [2.45, 2.75) is 69.1 Å². The van der Waals surface area contributed by atoms with Crippen molar-refractivity contribution in [3.05, 3.63) is 29.8 Å². The maximum Gasteiger partial charge on any atom is 0.326 e. The molecule has 4 atom stereocenters. The number of nitrogens with one attached hydrogen (secondary N) is 3. The van der Waals surface area contributed by atoms with Crippen molar-refractivity contribution in [3.8, 4) is 5.75 Å². The number of carbonyl (C=O) groups is 4. The summed E-state index contributed by atoms with van der Waals surface area (Å²) in [6, 6.07) is 1.25. The van der Waals surface area contributed by atoms with Gasteiger partial charge in [0.15, 0.2) is 0 Å². The van der Waals surface area contributed by atoms with E-state index in [1.807, 2.05) is 0 Å². The minimum Gasteiger partial charge on any atom is -0.508 e. The first-order chi connectivity index (χ1) is 17.6. The first-order valence-corrected chi connectivity index (χ1v) is 12.3. The molecule has 0 saturated heterocycles. The van der Waals surface area contributed by atoms with Gasteiger partial charge < -0.3 is 48.5 Å². The largest absolute Gasteiger partial charge is 0.508 e. The normalized spacial score (nSPS) is 14.2. The highest BCUT2D eigenvalue weighted by atomic mass is 16.4. The van der Waals surface area contributed by atoms with Gasteiger partial charge in [0.05, 0.1) is 12.6 Å². The number of amides is 3. The Morgan fingerprint density at radius 2 is 1.27 bits per heavy atom. The Kier molecular flexibility index (Phi) is 14.8. The number of carboxylic acids is 1. The standard InChI is InChI=1S/C24H40N6O7/c25-11-3-1-5-17(27)21(33)29-19(13-15-7-9-16(32)10-8-15)22(34)30-20(14-31)23(35)28-18(24(36)37)6-2-4-12-26/h7-10,17-20,31-32H,1-6,11-14,25-27H2,(H,28,35)(H,29,33)(H,30,34)(H,36,37). The highest BCUT2D eigenvalue weighted by molar-refractivity contribution is 5.94. The summed E-state index contributed by atoms with van der Waals surface area (Å²) in [6.45, 7) is 0.0339. The fourth-order valence-electron chi connectivity index (χ4n) is 3.48. The second-order valence-electron chi connectivity index (χ2n) is 8.75. The van der Waals surface area contributed by atoms with Crippen LogP contribution in [-0.4, -0.2) is 82.9 Å². The Balaban J connectivity index is 2.95. The van der Waals surface area contributed by atoms with Crippen LogP contribution in [0, 0.1) is 0 Å². The molecular formula is C24H40N6O7. The number of carbonyl (C=O) groups excluding carboxylic acids is 3. The summed E-state index contributed by atoms with van der Waals surface area (Å²) in [5, 5.41) is 35.9. The van der Waals surface area contributed by atoms with Crippen LogP contribution in [0.4, 0.5) is 0 Å². The maximum atomic E-state index is 13.1. The second-order valence-corrected chi connectivity index (χ2v) is 8.75. The van der Waals surface area contributed by atoms with E-state index in [1.165, 1.54) is 12.1 Å². The monoisotopic (exact) mass is 524 g/mol. The van der Waals surface area contributed by atoms with Crippen LogP contribution in [0.5, 0.6) is 5.75 Å². The van der Waals surface area contributed by atoms with Crippen LogP contribution in [0.1, 0.15) is 44.1 Å². The number of phenolic OH excluding ortho intramolecular Hbond substituents is 1. The zero-order valence-electron chi connectivity index (χ0n) is 20.9. The zero-order valence-corrected chi connectivity index (χ0v) is 20.9. The summed E-state index contributed by atoms with van der Waals surface area (Å²) >= 11 is 0. The molecule has 0 aliphatic carbocycles. The lowest BCUT2D eigenvalue weighted by atomic mass is 10.0. The van der Waals surface area contributed by atoms with Gasteiger partial charge in [0.1, 0.15) is 23.9 Å². The van der Waals surface area contributed by atoms with E-state index in [9.17, 15) is 34.5 Å². The van der Waals surface area contributed by atoms with Crippen molar-refractivity contribution >= 4 is 23.7 Å². The smallest absolute Gasteiger partial charge is 0.326 e. The third-order valence-electron chi connectivity index (χ3n) is 5.69. The number of hydrogen-bond acceptors (Lipinski definition) is 9. The van der Waals surface area contributed by atoms with Crippen LogP contribution in [0.25, 0.3) is 0 Å². The quantitative estimate of drug-likeness (QED) is 0.0961. The van der Waals surface area contributed by atoms with Gasteiger partial charge >= 0.3 is 5.97 Å². The number of aliphatic hydroxyl groups is 1. The van der Waals surface area contributed by atoms with Crippen LogP contribution >= 0.6 is 0 Å². The first-order valence-electron chi connectivity index (χ1n) is 12.3. The molecule has 4 unspecified atom stereocenters. The lowest BCUT2D eigenvalue weighted by Crippen LogP contribution is -2.58. The lowest BCUT2D eigenvalue weighted by molar-refractivity contribution is -0.142. The van der Waals surface area contributed by atoms with Crippen LogP contribution < -0.4 is 33.2 Å². The van der Waals surface area contributed by atoms with Crippen molar-refractivity contribution in [1.29, 1.82) is 0 Å². The average molecular weight is 525 g/mol. The van der Waals surface area contributed by atoms with Crippen LogP contribution in [0.15, 0.2) is 24.3 Å². The van der Waals surface area contributed by atoms with Crippen molar-refractivity contribution in [3.63, 3.8) is 0 Å². The molecular weight excluding hydrogens is 484 g/mol. The van der Waals surface area contributed by atoms with Gasteiger partial charge in [-0.15, -0.1) is 0 Å². The fourth-order valence-corrected chi connectivity index (χ4v) is 3.48. The number of nitrogens with two attached hydrogens (primary N) is 3. The molecule has 0 aromatic heterocycles. The second kappa shape index (κ2) is 17.2. The van der Waals surface area contributed by atoms with Gasteiger partial charge in [-0.3, -0.25) is 14.4 Å². The van der Waals surface area contributed by atoms with Crippen molar-refractivity contribution in [2.24, 2.45) is 17.2 Å². The van der Waals surface area contributed by atoms with Gasteiger partial charge in [0.25, 0.3) is 0 Å². The lowest BCUT2D eigenvalue weighted by Gasteiger charge is -2.24. The highest BCUT2D eigenvalue weighted by Crippen LogP contribution is 2.12. The van der Waals surface area contributed by atoms with Crippen LogP contribution in [-0.2, 0) is 25.6 Å². The Morgan fingerprint density at radius 1 is 0.757 bits per heavy atom. The number of hydrogen-bond donors (Lipinski definition) is 9. The predicted molar refractivity (Wildman–Crippen MR) is 136 cm³/mol. The average Bonchev–Trinajstić information content (AvgIpc) is 2.87. The summed E-state index contributed by atoms with van der Waals surface area (Å²) in [7, 11) is 0. The highest BCUT2D eigenvalue weighted by Gasteiger charge is 2.30. The van der Waals surface area contributed by atoms with E-state index in [0.717, 1.165) is 0 Å². The van der Waals surface area contributed by atoms with Gasteiger partial charge in [0.2, 0.25) is 17.7 Å². The van der Waals surface area contributed by atoms with E-state index < -0.39 is 54.5 Å². The molecule has 0 spiro atoms. The number of aliphatic hydroxyl groups excluding tert-OH is 1. The van der Waals surface area contributed by atoms with Crippen LogP contribution in [0.3, 0.4) is 0 Å². The molecule has 1 rings (SSSR count). The Hall–Kier alpha value is -3.26. The molecule has 3 amide bonds. The number of unbranched alkanes of at least 4 members (excludes halogenated alkanes) is 2. The molecule has 0 saturated carbocycles. The molecule has 1 aromatic rings. The Labute approximate surface area is 216 Å². The number of benzene rings is 1. The van der Waals surface area contributed by atoms with E-state index in [1.54, 1.807) is 12.1 Å². The van der Waals surface area contributed by atoms with Crippen molar-refractivity contribution in [2.75, 3.05) is 19.7 Å². The SMILES string of the molecule is NCCCCC(N)C(=O)NC(Cc1ccc(O)cc1)C(=O)NC(CO)C(=O)NC(CCCCN)C(=O)O. The molecule has 37 heavy (non-hydrogen) atoms. The first kappa shape index (κ1) is 31.8. The predicted octanol–water partition coefficient (Wildman–Crippen LogP) is -1.95. The zero-order chi connectivity index (χ0) is 27.8. The summed E-state index contributed by atoms with van der Waals surface area (Å²) in [6.07, 6.45) is 2.86. The molecule has 13 nitrogen and oxygen atoms in total. The summed E-state index contributed by atoms with van der Waals surface area (Å²) < 4.78 is 0. The molecule has 0 aliphatic heterocycles. The number of aromatic hydroxyl groups is 1. The van der Waals surface area contributed by atoms with Gasteiger partial charge in [0, 0.05) is 6.42 Å². The molecule has 0 radical (unpaired) electrons.